The number of aryl methyl sites for hydroxylation is 1. The molecule has 2 heterocycles. The fraction of sp³-hybridized carbons (Fsp3) is 0.250. The summed E-state index contributed by atoms with van der Waals surface area (Å²) in [6.07, 6.45) is 3.55. The third-order valence-electron chi connectivity index (χ3n) is 4.93. The average Bonchev–Trinajstić information content (AvgIpc) is 3.02. The lowest BCUT2D eigenvalue weighted by Crippen LogP contribution is -2.46. The van der Waals surface area contributed by atoms with Gasteiger partial charge in [0.2, 0.25) is 0 Å². The zero-order valence-electron chi connectivity index (χ0n) is 14.7. The van der Waals surface area contributed by atoms with Crippen molar-refractivity contribution in [3.8, 4) is 11.4 Å². The van der Waals surface area contributed by atoms with E-state index in [0.29, 0.717) is 5.75 Å². The maximum Gasteiger partial charge on any atom is 0.332 e. The van der Waals surface area contributed by atoms with Crippen LogP contribution in [-0.2, 0) is 7.05 Å². The normalized spacial score (nSPS) is 14.7. The van der Waals surface area contributed by atoms with Gasteiger partial charge in [-0.3, -0.25) is 4.57 Å². The summed E-state index contributed by atoms with van der Waals surface area (Å²) < 4.78 is 3.21. The van der Waals surface area contributed by atoms with E-state index in [0.717, 1.165) is 37.6 Å². The van der Waals surface area contributed by atoms with E-state index in [4.69, 9.17) is 0 Å². The third kappa shape index (κ3) is 3.06. The van der Waals surface area contributed by atoms with Crippen LogP contribution in [0.25, 0.3) is 5.69 Å². The van der Waals surface area contributed by atoms with Crippen molar-refractivity contribution in [1.29, 1.82) is 0 Å². The van der Waals surface area contributed by atoms with E-state index in [1.807, 2.05) is 24.3 Å². The molecule has 1 fully saturated rings. The number of hydrogen-bond donors (Lipinski definition) is 1. The molecule has 0 atom stereocenters. The number of aromatic nitrogens is 2. The van der Waals surface area contributed by atoms with Gasteiger partial charge in [-0.05, 0) is 48.5 Å². The van der Waals surface area contributed by atoms with Gasteiger partial charge in [-0.1, -0.05) is 0 Å². The predicted molar refractivity (Wildman–Crippen MR) is 104 cm³/mol. The molecule has 1 saturated heterocycles. The van der Waals surface area contributed by atoms with Gasteiger partial charge in [-0.15, -0.1) is 0 Å². The number of rotatable bonds is 3. The number of piperazine rings is 1. The molecule has 0 radical (unpaired) electrons. The predicted octanol–water partition coefficient (Wildman–Crippen LogP) is 2.21. The third-order valence-corrected chi connectivity index (χ3v) is 4.93. The van der Waals surface area contributed by atoms with Crippen molar-refractivity contribution in [2.45, 2.75) is 0 Å². The minimum atomic E-state index is -0.0414. The van der Waals surface area contributed by atoms with Crippen molar-refractivity contribution >= 4 is 11.4 Å². The first kappa shape index (κ1) is 16.3. The number of nitrogens with zero attached hydrogens (tertiary/aromatic N) is 4. The first-order valence-corrected chi connectivity index (χ1v) is 8.75. The van der Waals surface area contributed by atoms with Gasteiger partial charge < -0.3 is 19.5 Å². The summed E-state index contributed by atoms with van der Waals surface area (Å²) in [7, 11) is 1.75. The number of phenols is 1. The summed E-state index contributed by atoms with van der Waals surface area (Å²) in [4.78, 5) is 16.7. The summed E-state index contributed by atoms with van der Waals surface area (Å²) in [5.41, 5.74) is 3.15. The van der Waals surface area contributed by atoms with Gasteiger partial charge >= 0.3 is 5.69 Å². The topological polar surface area (TPSA) is 53.6 Å². The molecule has 0 amide bonds. The SMILES string of the molecule is Cn1ccn(-c2ccc(N3CCN(c4ccc(O)cc4)CC3)cc2)c1=O. The Morgan fingerprint density at radius 1 is 0.731 bits per heavy atom. The first-order chi connectivity index (χ1) is 12.6. The van der Waals surface area contributed by atoms with Crippen LogP contribution in [0.1, 0.15) is 0 Å². The molecule has 1 N–H and O–H groups in total. The lowest BCUT2D eigenvalue weighted by molar-refractivity contribution is 0.475. The highest BCUT2D eigenvalue weighted by Gasteiger charge is 2.17. The number of imidazole rings is 1. The second-order valence-electron chi connectivity index (χ2n) is 6.57. The number of anilines is 2. The first-order valence-electron chi connectivity index (χ1n) is 8.75. The molecule has 0 aliphatic carbocycles. The highest BCUT2D eigenvalue weighted by molar-refractivity contribution is 5.54. The summed E-state index contributed by atoms with van der Waals surface area (Å²) in [5.74, 6) is 0.296. The zero-order chi connectivity index (χ0) is 18.1. The zero-order valence-corrected chi connectivity index (χ0v) is 14.7. The average molecular weight is 350 g/mol. The molecule has 3 aromatic rings. The van der Waals surface area contributed by atoms with E-state index in [1.165, 1.54) is 5.69 Å². The van der Waals surface area contributed by atoms with Crippen molar-refractivity contribution in [2.24, 2.45) is 7.05 Å². The molecule has 4 rings (SSSR count). The van der Waals surface area contributed by atoms with Gasteiger partial charge in [-0.25, -0.2) is 4.79 Å². The van der Waals surface area contributed by atoms with Crippen LogP contribution in [0.5, 0.6) is 5.75 Å². The fourth-order valence-electron chi connectivity index (χ4n) is 3.37. The molecule has 0 unspecified atom stereocenters. The van der Waals surface area contributed by atoms with Crippen LogP contribution >= 0.6 is 0 Å². The van der Waals surface area contributed by atoms with E-state index in [2.05, 4.69) is 21.9 Å². The van der Waals surface area contributed by atoms with E-state index in [9.17, 15) is 9.90 Å². The standard InChI is InChI=1S/C20H22N4O2/c1-21-10-15-24(20(21)26)18-4-2-16(3-5-18)22-11-13-23(14-12-22)17-6-8-19(25)9-7-17/h2-10,15,25H,11-14H2,1H3. The molecule has 6 heteroatoms. The van der Waals surface area contributed by atoms with E-state index in [1.54, 1.807) is 40.7 Å². The van der Waals surface area contributed by atoms with Crippen molar-refractivity contribution in [3.05, 3.63) is 71.4 Å². The molecular formula is C20H22N4O2. The quantitative estimate of drug-likeness (QED) is 0.787. The molecule has 1 aliphatic rings. The Kier molecular flexibility index (Phi) is 4.16. The van der Waals surface area contributed by atoms with Crippen LogP contribution in [-0.4, -0.2) is 40.4 Å². The van der Waals surface area contributed by atoms with Crippen molar-refractivity contribution in [2.75, 3.05) is 36.0 Å². The maximum absolute atomic E-state index is 12.0. The highest BCUT2D eigenvalue weighted by atomic mass is 16.3. The lowest BCUT2D eigenvalue weighted by Gasteiger charge is -2.37. The molecular weight excluding hydrogens is 328 g/mol. The smallest absolute Gasteiger partial charge is 0.332 e. The second-order valence-corrected chi connectivity index (χ2v) is 6.57. The van der Waals surface area contributed by atoms with Gasteiger partial charge in [0.25, 0.3) is 0 Å². The Morgan fingerprint density at radius 3 is 1.65 bits per heavy atom. The monoisotopic (exact) mass is 350 g/mol. The van der Waals surface area contributed by atoms with Crippen molar-refractivity contribution in [1.82, 2.24) is 9.13 Å². The fourth-order valence-corrected chi connectivity index (χ4v) is 3.37. The molecule has 26 heavy (non-hydrogen) atoms. The van der Waals surface area contributed by atoms with Gasteiger partial charge in [0.15, 0.2) is 0 Å². The number of phenolic OH excluding ortho intramolecular Hbond substituents is 1. The van der Waals surface area contributed by atoms with Crippen molar-refractivity contribution in [3.63, 3.8) is 0 Å². The van der Waals surface area contributed by atoms with E-state index in [-0.39, 0.29) is 5.69 Å². The van der Waals surface area contributed by atoms with Crippen LogP contribution < -0.4 is 15.5 Å². The van der Waals surface area contributed by atoms with Crippen molar-refractivity contribution < 1.29 is 5.11 Å². The summed E-state index contributed by atoms with van der Waals surface area (Å²) in [6, 6.07) is 15.5. The van der Waals surface area contributed by atoms with Crippen LogP contribution in [0.4, 0.5) is 11.4 Å². The molecule has 0 bridgehead atoms. The molecule has 1 aromatic heterocycles. The number of hydrogen-bond acceptors (Lipinski definition) is 4. The minimum absolute atomic E-state index is 0.0414. The highest BCUT2D eigenvalue weighted by Crippen LogP contribution is 2.23. The lowest BCUT2D eigenvalue weighted by atomic mass is 10.2. The molecule has 134 valence electrons. The summed E-state index contributed by atoms with van der Waals surface area (Å²) in [6.45, 7) is 3.74. The maximum atomic E-state index is 12.0. The number of aromatic hydroxyl groups is 1. The second kappa shape index (κ2) is 6.63. The largest absolute Gasteiger partial charge is 0.508 e. The Bertz CT molecular complexity index is 933. The molecule has 6 nitrogen and oxygen atoms in total. The summed E-state index contributed by atoms with van der Waals surface area (Å²) in [5, 5.41) is 9.42. The Labute approximate surface area is 152 Å². The number of benzene rings is 2. The Morgan fingerprint density at radius 2 is 1.19 bits per heavy atom. The summed E-state index contributed by atoms with van der Waals surface area (Å²) >= 11 is 0. The Balaban J connectivity index is 1.44. The van der Waals surface area contributed by atoms with Gasteiger partial charge in [-0.2, -0.15) is 0 Å². The van der Waals surface area contributed by atoms with Gasteiger partial charge in [0, 0.05) is 57.0 Å². The molecule has 0 spiro atoms. The van der Waals surface area contributed by atoms with E-state index >= 15 is 0 Å². The van der Waals surface area contributed by atoms with Crippen LogP contribution in [0.3, 0.4) is 0 Å². The van der Waals surface area contributed by atoms with Crippen LogP contribution in [0, 0.1) is 0 Å². The van der Waals surface area contributed by atoms with Gasteiger partial charge in [0.1, 0.15) is 5.75 Å². The molecule has 0 saturated carbocycles. The Hall–Kier alpha value is -3.15. The molecule has 2 aromatic carbocycles. The van der Waals surface area contributed by atoms with Crippen LogP contribution in [0.15, 0.2) is 65.7 Å². The van der Waals surface area contributed by atoms with Crippen LogP contribution in [0.2, 0.25) is 0 Å². The van der Waals surface area contributed by atoms with E-state index < -0.39 is 0 Å². The van der Waals surface area contributed by atoms with Gasteiger partial charge in [0.05, 0.1) is 5.69 Å². The minimum Gasteiger partial charge on any atom is -0.508 e. The molecule has 1 aliphatic heterocycles.